The predicted molar refractivity (Wildman–Crippen MR) is 171 cm³/mol. The van der Waals surface area contributed by atoms with Crippen molar-refractivity contribution in [2.75, 3.05) is 9.80 Å². The highest BCUT2D eigenvalue weighted by molar-refractivity contribution is 5.77. The van der Waals surface area contributed by atoms with Crippen LogP contribution in [0.5, 0.6) is 0 Å². The molecule has 2 nitrogen and oxygen atoms in total. The number of allylic oxidation sites excluding steroid dienone is 6. The van der Waals surface area contributed by atoms with E-state index in [1.165, 1.54) is 56.4 Å². The Morgan fingerprint density at radius 1 is 0.500 bits per heavy atom. The van der Waals surface area contributed by atoms with Crippen molar-refractivity contribution < 1.29 is 0 Å². The minimum absolute atomic E-state index is 1.07. The van der Waals surface area contributed by atoms with E-state index in [9.17, 15) is 0 Å². The molecule has 2 aliphatic rings. The van der Waals surface area contributed by atoms with Gasteiger partial charge in [-0.15, -0.1) is 0 Å². The van der Waals surface area contributed by atoms with Gasteiger partial charge in [0, 0.05) is 34.1 Å². The molecule has 0 aromatic heterocycles. The minimum Gasteiger partial charge on any atom is -0.311 e. The van der Waals surface area contributed by atoms with Gasteiger partial charge in [-0.05, 0) is 116 Å². The first kappa shape index (κ1) is 25.7. The average molecular weight is 521 g/mol. The van der Waals surface area contributed by atoms with E-state index in [2.05, 4.69) is 157 Å². The van der Waals surface area contributed by atoms with Crippen molar-refractivity contribution in [3.05, 3.63) is 156 Å². The Bertz CT molecular complexity index is 1590. The molecule has 0 saturated heterocycles. The van der Waals surface area contributed by atoms with Crippen LogP contribution in [0.4, 0.5) is 22.7 Å². The summed E-state index contributed by atoms with van der Waals surface area (Å²) < 4.78 is 0. The summed E-state index contributed by atoms with van der Waals surface area (Å²) >= 11 is 0. The minimum atomic E-state index is 1.07. The van der Waals surface area contributed by atoms with Gasteiger partial charge in [-0.3, -0.25) is 0 Å². The number of hydrogen-bond acceptors (Lipinski definition) is 2. The number of aryl methyl sites for hydroxylation is 1. The Morgan fingerprint density at radius 2 is 1.10 bits per heavy atom. The fraction of sp³-hybridized carbons (Fsp3) is 0.158. The molecule has 0 heterocycles. The molecule has 6 rings (SSSR count). The first-order chi connectivity index (χ1) is 19.7. The van der Waals surface area contributed by atoms with Crippen LogP contribution in [0.3, 0.4) is 0 Å². The van der Waals surface area contributed by atoms with Crippen LogP contribution in [-0.4, -0.2) is 0 Å². The number of rotatable bonds is 7. The fourth-order valence-electron chi connectivity index (χ4n) is 5.64. The lowest BCUT2D eigenvalue weighted by atomic mass is 10.0. The second-order valence-corrected chi connectivity index (χ2v) is 10.6. The van der Waals surface area contributed by atoms with Crippen LogP contribution in [0, 0.1) is 6.92 Å². The van der Waals surface area contributed by atoms with Crippen LogP contribution in [0.2, 0.25) is 0 Å². The number of anilines is 4. The van der Waals surface area contributed by atoms with Crippen molar-refractivity contribution in [3.8, 4) is 11.1 Å². The Kier molecular flexibility index (Phi) is 7.50. The van der Waals surface area contributed by atoms with Crippen LogP contribution < -0.4 is 9.80 Å². The summed E-state index contributed by atoms with van der Waals surface area (Å²) in [4.78, 5) is 4.74. The van der Waals surface area contributed by atoms with E-state index in [4.69, 9.17) is 0 Å². The van der Waals surface area contributed by atoms with E-state index in [0.717, 1.165) is 25.7 Å². The molecule has 0 aliphatic heterocycles. The third-order valence-corrected chi connectivity index (χ3v) is 7.69. The van der Waals surface area contributed by atoms with Gasteiger partial charge in [-0.2, -0.15) is 0 Å². The van der Waals surface area contributed by atoms with E-state index < -0.39 is 0 Å². The molecule has 0 bridgehead atoms. The normalized spacial score (nSPS) is 14.7. The fourth-order valence-corrected chi connectivity index (χ4v) is 5.64. The molecule has 0 N–H and O–H groups in total. The van der Waals surface area contributed by atoms with Gasteiger partial charge >= 0.3 is 0 Å². The smallest absolute Gasteiger partial charge is 0.0464 e. The summed E-state index contributed by atoms with van der Waals surface area (Å²) in [5.74, 6) is 0. The predicted octanol–water partition coefficient (Wildman–Crippen LogP) is 10.8. The highest BCUT2D eigenvalue weighted by atomic mass is 15.2. The third kappa shape index (κ3) is 5.44. The maximum atomic E-state index is 2.38. The molecule has 0 saturated carbocycles. The molecule has 2 heteroatoms. The average Bonchev–Trinajstić information content (AvgIpc) is 3.00. The number of benzene rings is 4. The largest absolute Gasteiger partial charge is 0.311 e. The van der Waals surface area contributed by atoms with Gasteiger partial charge in [0.2, 0.25) is 0 Å². The molecule has 0 radical (unpaired) electrons. The molecule has 0 amide bonds. The SMILES string of the molecule is CC1=CCCC=C1N(c1ccccc1)c1ccc(-c2ccc(N(C3=CCCC=C3)c3cccc(C)c3)cc2)cc1. The molecular formula is C38H36N2. The van der Waals surface area contributed by atoms with Crippen LogP contribution in [0.15, 0.2) is 150 Å². The maximum Gasteiger partial charge on any atom is 0.0464 e. The van der Waals surface area contributed by atoms with Crippen molar-refractivity contribution in [2.45, 2.75) is 39.5 Å². The van der Waals surface area contributed by atoms with Gasteiger partial charge in [0.15, 0.2) is 0 Å². The third-order valence-electron chi connectivity index (χ3n) is 7.69. The molecule has 0 fully saturated rings. The molecular weight excluding hydrogens is 484 g/mol. The molecule has 0 spiro atoms. The summed E-state index contributed by atoms with van der Waals surface area (Å²) in [6.07, 6.45) is 15.9. The van der Waals surface area contributed by atoms with Crippen molar-refractivity contribution in [1.29, 1.82) is 0 Å². The molecule has 2 aliphatic carbocycles. The highest BCUT2D eigenvalue weighted by Crippen LogP contribution is 2.37. The van der Waals surface area contributed by atoms with E-state index in [0.29, 0.717) is 0 Å². The second kappa shape index (κ2) is 11.7. The summed E-state index contributed by atoms with van der Waals surface area (Å²) in [6, 6.07) is 37.4. The molecule has 0 atom stereocenters. The van der Waals surface area contributed by atoms with Crippen molar-refractivity contribution in [3.63, 3.8) is 0 Å². The summed E-state index contributed by atoms with van der Waals surface area (Å²) in [5.41, 5.74) is 12.3. The number of para-hydroxylation sites is 1. The van der Waals surface area contributed by atoms with E-state index in [-0.39, 0.29) is 0 Å². The molecule has 0 unspecified atom stereocenters. The zero-order chi connectivity index (χ0) is 27.3. The maximum absolute atomic E-state index is 2.38. The lowest BCUT2D eigenvalue weighted by Gasteiger charge is -2.30. The standard InChI is InChI=1S/C38H36N2/c1-29-12-11-18-37(28-29)39(33-14-5-3-6-15-33)35-24-20-31(21-25-35)32-22-26-36(27-23-32)40(34-16-7-4-8-17-34)38-19-10-9-13-30(38)2/h4-5,7-8,11-28H,3,6,9-10H2,1-2H3. The highest BCUT2D eigenvalue weighted by Gasteiger charge is 2.18. The zero-order valence-electron chi connectivity index (χ0n) is 23.4. The molecule has 4 aromatic carbocycles. The van der Waals surface area contributed by atoms with Gasteiger partial charge in [-0.25, -0.2) is 0 Å². The van der Waals surface area contributed by atoms with Crippen LogP contribution in [0.1, 0.15) is 38.2 Å². The second-order valence-electron chi connectivity index (χ2n) is 10.6. The lowest BCUT2D eigenvalue weighted by Crippen LogP contribution is -2.18. The first-order valence-corrected chi connectivity index (χ1v) is 14.3. The zero-order valence-corrected chi connectivity index (χ0v) is 23.4. The van der Waals surface area contributed by atoms with Gasteiger partial charge < -0.3 is 9.80 Å². The Hall–Kier alpha value is -4.56. The molecule has 4 aromatic rings. The van der Waals surface area contributed by atoms with Crippen molar-refractivity contribution >= 4 is 22.7 Å². The first-order valence-electron chi connectivity index (χ1n) is 14.3. The van der Waals surface area contributed by atoms with E-state index >= 15 is 0 Å². The summed E-state index contributed by atoms with van der Waals surface area (Å²) in [6.45, 7) is 4.37. The van der Waals surface area contributed by atoms with Gasteiger partial charge in [0.05, 0.1) is 0 Å². The van der Waals surface area contributed by atoms with Crippen LogP contribution in [-0.2, 0) is 0 Å². The Labute approximate surface area is 238 Å². The van der Waals surface area contributed by atoms with Crippen molar-refractivity contribution in [1.82, 2.24) is 0 Å². The summed E-state index contributed by atoms with van der Waals surface area (Å²) in [5, 5.41) is 0. The summed E-state index contributed by atoms with van der Waals surface area (Å²) in [7, 11) is 0. The van der Waals surface area contributed by atoms with E-state index in [1.54, 1.807) is 0 Å². The van der Waals surface area contributed by atoms with Crippen molar-refractivity contribution in [2.24, 2.45) is 0 Å². The van der Waals surface area contributed by atoms with Gasteiger partial charge in [0.25, 0.3) is 0 Å². The molecule has 40 heavy (non-hydrogen) atoms. The molecule has 198 valence electrons. The van der Waals surface area contributed by atoms with E-state index in [1.807, 2.05) is 0 Å². The Balaban J connectivity index is 1.31. The number of hydrogen-bond donors (Lipinski definition) is 0. The number of nitrogens with zero attached hydrogens (tertiary/aromatic N) is 2. The topological polar surface area (TPSA) is 6.48 Å². The quantitative estimate of drug-likeness (QED) is 0.239. The van der Waals surface area contributed by atoms with Crippen LogP contribution in [0.25, 0.3) is 11.1 Å². The van der Waals surface area contributed by atoms with Gasteiger partial charge in [0.1, 0.15) is 0 Å². The monoisotopic (exact) mass is 520 g/mol. The van der Waals surface area contributed by atoms with Gasteiger partial charge in [-0.1, -0.05) is 78.9 Å². The lowest BCUT2D eigenvalue weighted by molar-refractivity contribution is 0.967. The Morgan fingerprint density at radius 3 is 1.73 bits per heavy atom. The van der Waals surface area contributed by atoms with Crippen LogP contribution >= 0.6 is 0 Å².